The van der Waals surface area contributed by atoms with Crippen molar-refractivity contribution < 1.29 is 14.1 Å². The molecule has 0 bridgehead atoms. The van der Waals surface area contributed by atoms with E-state index < -0.39 is 0 Å². The summed E-state index contributed by atoms with van der Waals surface area (Å²) in [7, 11) is 0. The van der Waals surface area contributed by atoms with Gasteiger partial charge in [-0.05, 0) is 38.7 Å². The Morgan fingerprint density at radius 3 is 3.08 bits per heavy atom. The standard InChI is InChI=1S/C19H25N3O3S/c1-12-16(13(2)25-21-12)9-22-6-5-15-17(11-26-18(15)10-22)19(23)20-8-14-4-3-7-24-14/h11,14H,3-10H2,1-2H3,(H,20,23). The summed E-state index contributed by atoms with van der Waals surface area (Å²) in [5.41, 5.74) is 4.21. The van der Waals surface area contributed by atoms with Gasteiger partial charge in [-0.2, -0.15) is 0 Å². The molecule has 26 heavy (non-hydrogen) atoms. The van der Waals surface area contributed by atoms with E-state index in [4.69, 9.17) is 9.26 Å². The summed E-state index contributed by atoms with van der Waals surface area (Å²) >= 11 is 1.69. The summed E-state index contributed by atoms with van der Waals surface area (Å²) in [6, 6.07) is 0. The van der Waals surface area contributed by atoms with Crippen molar-refractivity contribution in [2.24, 2.45) is 0 Å². The maximum absolute atomic E-state index is 12.6. The molecule has 2 aromatic heterocycles. The Balaban J connectivity index is 1.39. The SMILES string of the molecule is Cc1noc(C)c1CN1CCc2c(C(=O)NCC3CCCO3)csc2C1. The largest absolute Gasteiger partial charge is 0.376 e. The fourth-order valence-corrected chi connectivity index (χ4v) is 4.89. The van der Waals surface area contributed by atoms with Crippen molar-refractivity contribution in [3.05, 3.63) is 38.4 Å². The van der Waals surface area contributed by atoms with E-state index >= 15 is 0 Å². The van der Waals surface area contributed by atoms with Crippen LogP contribution >= 0.6 is 11.3 Å². The summed E-state index contributed by atoms with van der Waals surface area (Å²) in [6.07, 6.45) is 3.22. The molecule has 2 aliphatic rings. The highest BCUT2D eigenvalue weighted by atomic mass is 32.1. The highest BCUT2D eigenvalue weighted by Gasteiger charge is 2.25. The van der Waals surface area contributed by atoms with Crippen molar-refractivity contribution in [1.29, 1.82) is 0 Å². The Kier molecular flexibility index (Phi) is 5.11. The number of nitrogens with one attached hydrogen (secondary N) is 1. The summed E-state index contributed by atoms with van der Waals surface area (Å²) in [5.74, 6) is 0.936. The van der Waals surface area contributed by atoms with E-state index in [1.807, 2.05) is 19.2 Å². The number of aromatic nitrogens is 1. The number of thiophene rings is 1. The molecule has 0 radical (unpaired) electrons. The molecule has 140 valence electrons. The summed E-state index contributed by atoms with van der Waals surface area (Å²) in [6.45, 7) is 8.05. The van der Waals surface area contributed by atoms with Crippen molar-refractivity contribution in [3.8, 4) is 0 Å². The van der Waals surface area contributed by atoms with E-state index in [1.165, 1.54) is 16.0 Å². The second-order valence-electron chi connectivity index (χ2n) is 7.16. The molecule has 0 aromatic carbocycles. The zero-order valence-electron chi connectivity index (χ0n) is 15.3. The minimum absolute atomic E-state index is 0.0390. The molecule has 6 nitrogen and oxygen atoms in total. The molecule has 4 rings (SSSR count). The highest BCUT2D eigenvalue weighted by Crippen LogP contribution is 2.30. The molecule has 2 aliphatic heterocycles. The molecule has 1 amide bonds. The minimum atomic E-state index is 0.0390. The fourth-order valence-electron chi connectivity index (χ4n) is 3.77. The molecule has 0 spiro atoms. The summed E-state index contributed by atoms with van der Waals surface area (Å²) in [4.78, 5) is 16.3. The fraction of sp³-hybridized carbons (Fsp3) is 0.579. The minimum Gasteiger partial charge on any atom is -0.376 e. The zero-order valence-corrected chi connectivity index (χ0v) is 16.2. The van der Waals surface area contributed by atoms with Gasteiger partial charge in [0, 0.05) is 48.6 Å². The van der Waals surface area contributed by atoms with Crippen LogP contribution in [0.2, 0.25) is 0 Å². The summed E-state index contributed by atoms with van der Waals surface area (Å²) < 4.78 is 10.9. The Hall–Kier alpha value is -1.70. The van der Waals surface area contributed by atoms with Crippen LogP contribution in [0.3, 0.4) is 0 Å². The second kappa shape index (κ2) is 7.50. The van der Waals surface area contributed by atoms with Gasteiger partial charge in [0.1, 0.15) is 5.76 Å². The first-order valence-electron chi connectivity index (χ1n) is 9.25. The smallest absolute Gasteiger partial charge is 0.252 e. The zero-order chi connectivity index (χ0) is 18.1. The van der Waals surface area contributed by atoms with Crippen molar-refractivity contribution in [1.82, 2.24) is 15.4 Å². The van der Waals surface area contributed by atoms with Crippen LogP contribution in [0.15, 0.2) is 9.90 Å². The third-order valence-corrected chi connectivity index (χ3v) is 6.36. The van der Waals surface area contributed by atoms with Gasteiger partial charge in [-0.3, -0.25) is 9.69 Å². The molecule has 1 atom stereocenters. The van der Waals surface area contributed by atoms with Crippen LogP contribution in [0.1, 0.15) is 50.7 Å². The predicted octanol–water partition coefficient (Wildman–Crippen LogP) is 2.82. The average Bonchev–Trinajstić information content (AvgIpc) is 3.36. The van der Waals surface area contributed by atoms with Gasteiger partial charge in [0.2, 0.25) is 0 Å². The molecule has 1 fully saturated rings. The van der Waals surface area contributed by atoms with Crippen molar-refractivity contribution in [2.45, 2.75) is 52.3 Å². The number of amides is 1. The maximum atomic E-state index is 12.6. The average molecular weight is 375 g/mol. The number of carbonyl (C=O) groups excluding carboxylic acids is 1. The van der Waals surface area contributed by atoms with Crippen molar-refractivity contribution in [2.75, 3.05) is 19.7 Å². The van der Waals surface area contributed by atoms with E-state index in [9.17, 15) is 4.79 Å². The number of fused-ring (bicyclic) bond motifs is 1. The molecule has 2 aromatic rings. The number of hydrogen-bond acceptors (Lipinski definition) is 6. The van der Waals surface area contributed by atoms with Crippen LogP contribution in [-0.4, -0.2) is 41.8 Å². The van der Waals surface area contributed by atoms with Crippen LogP contribution in [0, 0.1) is 13.8 Å². The van der Waals surface area contributed by atoms with Gasteiger partial charge in [0.05, 0.1) is 17.4 Å². The number of ether oxygens (including phenoxy) is 1. The molecule has 0 aliphatic carbocycles. The van der Waals surface area contributed by atoms with Gasteiger partial charge >= 0.3 is 0 Å². The van der Waals surface area contributed by atoms with E-state index in [0.717, 1.165) is 62.5 Å². The molecule has 1 unspecified atom stereocenters. The number of rotatable bonds is 5. The van der Waals surface area contributed by atoms with Crippen LogP contribution in [0.5, 0.6) is 0 Å². The Labute approximate surface area is 157 Å². The Morgan fingerprint density at radius 1 is 1.46 bits per heavy atom. The van der Waals surface area contributed by atoms with E-state index in [1.54, 1.807) is 11.3 Å². The first kappa shape index (κ1) is 17.7. The van der Waals surface area contributed by atoms with Crippen LogP contribution < -0.4 is 5.32 Å². The number of aryl methyl sites for hydroxylation is 2. The lowest BCUT2D eigenvalue weighted by atomic mass is 10.0. The molecule has 1 N–H and O–H groups in total. The lowest BCUT2D eigenvalue weighted by molar-refractivity contribution is 0.0856. The van der Waals surface area contributed by atoms with Crippen molar-refractivity contribution in [3.63, 3.8) is 0 Å². The molecule has 4 heterocycles. The van der Waals surface area contributed by atoms with Gasteiger partial charge in [0.25, 0.3) is 5.91 Å². The van der Waals surface area contributed by atoms with Gasteiger partial charge in [-0.25, -0.2) is 0 Å². The number of carbonyl (C=O) groups is 1. The van der Waals surface area contributed by atoms with Gasteiger partial charge in [0.15, 0.2) is 0 Å². The predicted molar refractivity (Wildman–Crippen MR) is 99.4 cm³/mol. The maximum Gasteiger partial charge on any atom is 0.252 e. The molecule has 1 saturated heterocycles. The number of hydrogen-bond donors (Lipinski definition) is 1. The molecular weight excluding hydrogens is 350 g/mol. The lowest BCUT2D eigenvalue weighted by Crippen LogP contribution is -2.34. The van der Waals surface area contributed by atoms with Crippen molar-refractivity contribution >= 4 is 17.2 Å². The second-order valence-corrected chi connectivity index (χ2v) is 8.12. The van der Waals surface area contributed by atoms with E-state index in [-0.39, 0.29) is 12.0 Å². The first-order chi connectivity index (χ1) is 12.6. The molecule has 7 heteroatoms. The van der Waals surface area contributed by atoms with Crippen LogP contribution in [-0.2, 0) is 24.2 Å². The normalized spacial score (nSPS) is 20.3. The molecule has 0 saturated carbocycles. The van der Waals surface area contributed by atoms with Gasteiger partial charge in [-0.15, -0.1) is 11.3 Å². The van der Waals surface area contributed by atoms with E-state index in [0.29, 0.717) is 6.54 Å². The third-order valence-electron chi connectivity index (χ3n) is 5.35. The highest BCUT2D eigenvalue weighted by molar-refractivity contribution is 7.10. The third kappa shape index (κ3) is 3.56. The monoisotopic (exact) mass is 375 g/mol. The van der Waals surface area contributed by atoms with E-state index in [2.05, 4.69) is 15.4 Å². The topological polar surface area (TPSA) is 67.6 Å². The Morgan fingerprint density at radius 2 is 2.35 bits per heavy atom. The quantitative estimate of drug-likeness (QED) is 0.870. The van der Waals surface area contributed by atoms with Gasteiger partial charge < -0.3 is 14.6 Å². The first-order valence-corrected chi connectivity index (χ1v) is 10.1. The van der Waals surface area contributed by atoms with Crippen LogP contribution in [0.4, 0.5) is 0 Å². The van der Waals surface area contributed by atoms with Gasteiger partial charge in [-0.1, -0.05) is 5.16 Å². The summed E-state index contributed by atoms with van der Waals surface area (Å²) in [5, 5.41) is 9.10. The Bertz CT molecular complexity index is 773. The molecular formula is C19H25N3O3S. The van der Waals surface area contributed by atoms with Crippen LogP contribution in [0.25, 0.3) is 0 Å². The number of nitrogens with zero attached hydrogens (tertiary/aromatic N) is 2. The lowest BCUT2D eigenvalue weighted by Gasteiger charge is -2.27.